The van der Waals surface area contributed by atoms with E-state index in [1.54, 1.807) is 12.3 Å². The van der Waals surface area contributed by atoms with Crippen LogP contribution in [0.2, 0.25) is 0 Å². The second-order valence-electron chi connectivity index (χ2n) is 5.20. The minimum Gasteiger partial charge on any atom is -0.465 e. The first-order valence-electron chi connectivity index (χ1n) is 7.02. The van der Waals surface area contributed by atoms with Gasteiger partial charge in [-0.05, 0) is 30.7 Å². The second-order valence-corrected chi connectivity index (χ2v) is 5.20. The van der Waals surface area contributed by atoms with Crippen LogP contribution in [-0.4, -0.2) is 23.0 Å². The van der Waals surface area contributed by atoms with Crippen LogP contribution < -0.4 is 5.73 Å². The fourth-order valence-electron chi connectivity index (χ4n) is 2.49. The van der Waals surface area contributed by atoms with Crippen LogP contribution in [0.3, 0.4) is 0 Å². The molecule has 0 aliphatic carbocycles. The number of hydrogen-bond donors (Lipinski definition) is 2. The number of nitrogens with zero attached hydrogens (tertiary/aromatic N) is 1. The summed E-state index contributed by atoms with van der Waals surface area (Å²) in [5, 5.41) is 1.04. The highest BCUT2D eigenvalue weighted by molar-refractivity contribution is 5.91. The van der Waals surface area contributed by atoms with Crippen molar-refractivity contribution in [1.29, 1.82) is 0 Å². The average Bonchev–Trinajstić information content (AvgIpc) is 3.03. The Balaban J connectivity index is 2.15. The monoisotopic (exact) mass is 295 g/mol. The van der Waals surface area contributed by atoms with Gasteiger partial charge >= 0.3 is 5.97 Å². The van der Waals surface area contributed by atoms with E-state index in [-0.39, 0.29) is 12.0 Å². The van der Waals surface area contributed by atoms with E-state index in [1.165, 1.54) is 7.11 Å². The van der Waals surface area contributed by atoms with Crippen LogP contribution in [0.5, 0.6) is 0 Å². The molecule has 3 N–H and O–H groups in total. The molecule has 1 aromatic carbocycles. The van der Waals surface area contributed by atoms with Crippen LogP contribution in [0.15, 0.2) is 42.6 Å². The number of nitrogens with two attached hydrogens (primary N) is 1. The number of carbonyl (C=O) groups is 1. The lowest BCUT2D eigenvalue weighted by molar-refractivity contribution is 0.0601. The number of fused-ring (bicyclic) bond motifs is 1. The van der Waals surface area contributed by atoms with Gasteiger partial charge in [-0.3, -0.25) is 0 Å². The van der Waals surface area contributed by atoms with Crippen molar-refractivity contribution < 1.29 is 9.53 Å². The lowest BCUT2D eigenvalue weighted by Crippen LogP contribution is -2.06. The summed E-state index contributed by atoms with van der Waals surface area (Å²) in [5.74, 6) is -0.379. The number of nitrogens with one attached hydrogen (secondary N) is 1. The number of carbonyl (C=O) groups excluding carboxylic acids is 1. The summed E-state index contributed by atoms with van der Waals surface area (Å²) < 4.78 is 4.72. The Labute approximate surface area is 128 Å². The number of hydrogen-bond acceptors (Lipinski definition) is 4. The zero-order valence-corrected chi connectivity index (χ0v) is 12.5. The van der Waals surface area contributed by atoms with Gasteiger partial charge in [0, 0.05) is 17.6 Å². The highest BCUT2D eigenvalue weighted by Gasteiger charge is 2.13. The van der Waals surface area contributed by atoms with Gasteiger partial charge in [-0.1, -0.05) is 18.2 Å². The number of rotatable bonds is 3. The number of para-hydroxylation sites is 1. The predicted octanol–water partition coefficient (Wildman–Crippen LogP) is 3.04. The molecule has 0 aliphatic rings. The standard InChI is InChI=1S/C17H17N3O2/c1-10(18)13-8-16(20-14-6-4-3-5-12(13)14)15-7-11(9-19-15)17(21)22-2/h3-10,19H,18H2,1-2H3/t10-/m1/s1. The summed E-state index contributed by atoms with van der Waals surface area (Å²) >= 11 is 0. The molecule has 5 heteroatoms. The SMILES string of the molecule is COC(=O)c1c[nH]c(-c2cc([C@@H](C)N)c3ccccc3n2)c1. The molecule has 0 spiro atoms. The molecule has 0 saturated heterocycles. The molecule has 2 heterocycles. The average molecular weight is 295 g/mol. The van der Waals surface area contributed by atoms with E-state index in [1.807, 2.05) is 37.3 Å². The smallest absolute Gasteiger partial charge is 0.339 e. The topological polar surface area (TPSA) is 81.0 Å². The summed E-state index contributed by atoms with van der Waals surface area (Å²) in [7, 11) is 1.36. The Morgan fingerprint density at radius 3 is 2.82 bits per heavy atom. The fourth-order valence-corrected chi connectivity index (χ4v) is 2.49. The molecule has 1 atom stereocenters. The van der Waals surface area contributed by atoms with Gasteiger partial charge < -0.3 is 15.5 Å². The summed E-state index contributed by atoms with van der Waals surface area (Å²) in [6.45, 7) is 1.94. The van der Waals surface area contributed by atoms with Crippen molar-refractivity contribution in [2.24, 2.45) is 5.73 Å². The van der Waals surface area contributed by atoms with Crippen molar-refractivity contribution in [3.8, 4) is 11.4 Å². The summed E-state index contributed by atoms with van der Waals surface area (Å²) in [4.78, 5) is 19.3. The molecule has 5 nitrogen and oxygen atoms in total. The molecule has 0 radical (unpaired) electrons. The first-order valence-corrected chi connectivity index (χ1v) is 7.02. The third-order valence-electron chi connectivity index (χ3n) is 3.62. The van der Waals surface area contributed by atoms with Crippen molar-refractivity contribution >= 4 is 16.9 Å². The van der Waals surface area contributed by atoms with Crippen molar-refractivity contribution in [1.82, 2.24) is 9.97 Å². The van der Waals surface area contributed by atoms with Crippen LogP contribution >= 0.6 is 0 Å². The van der Waals surface area contributed by atoms with Crippen molar-refractivity contribution in [2.75, 3.05) is 7.11 Å². The molecule has 22 heavy (non-hydrogen) atoms. The molecule has 0 amide bonds. The van der Waals surface area contributed by atoms with Crippen molar-refractivity contribution in [2.45, 2.75) is 13.0 Å². The number of aromatic amines is 1. The van der Waals surface area contributed by atoms with Gasteiger partial charge in [-0.2, -0.15) is 0 Å². The van der Waals surface area contributed by atoms with Crippen molar-refractivity contribution in [3.63, 3.8) is 0 Å². The Morgan fingerprint density at radius 2 is 2.09 bits per heavy atom. The zero-order valence-electron chi connectivity index (χ0n) is 12.5. The van der Waals surface area contributed by atoms with E-state index in [2.05, 4.69) is 9.97 Å². The number of aromatic nitrogens is 2. The normalized spacial score (nSPS) is 12.3. The maximum Gasteiger partial charge on any atom is 0.339 e. The van der Waals surface area contributed by atoms with Gasteiger partial charge in [-0.15, -0.1) is 0 Å². The van der Waals surface area contributed by atoms with Crippen LogP contribution in [0.1, 0.15) is 28.9 Å². The molecule has 0 bridgehead atoms. The van der Waals surface area contributed by atoms with Gasteiger partial charge in [0.1, 0.15) is 0 Å². The summed E-state index contributed by atoms with van der Waals surface area (Å²) in [5.41, 5.74) is 9.96. The van der Waals surface area contributed by atoms with Gasteiger partial charge in [0.05, 0.1) is 29.6 Å². The molecule has 3 rings (SSSR count). The largest absolute Gasteiger partial charge is 0.465 e. The van der Waals surface area contributed by atoms with Gasteiger partial charge in [0.2, 0.25) is 0 Å². The Morgan fingerprint density at radius 1 is 1.32 bits per heavy atom. The van der Waals surface area contributed by atoms with Gasteiger partial charge in [0.15, 0.2) is 0 Å². The number of pyridine rings is 1. The maximum absolute atomic E-state index is 11.6. The zero-order chi connectivity index (χ0) is 15.7. The minimum absolute atomic E-state index is 0.110. The van der Waals surface area contributed by atoms with Crippen LogP contribution in [0.4, 0.5) is 0 Å². The number of ether oxygens (including phenoxy) is 1. The van der Waals surface area contributed by atoms with Crippen LogP contribution in [-0.2, 0) is 4.74 Å². The molecule has 3 aromatic rings. The Bertz CT molecular complexity index is 837. The number of methoxy groups -OCH3 is 1. The van der Waals surface area contributed by atoms with Gasteiger partial charge in [-0.25, -0.2) is 9.78 Å². The second kappa shape index (κ2) is 5.61. The lowest BCUT2D eigenvalue weighted by Gasteiger charge is -2.11. The molecule has 0 fully saturated rings. The van der Waals surface area contributed by atoms with E-state index in [0.29, 0.717) is 5.56 Å². The van der Waals surface area contributed by atoms with Crippen molar-refractivity contribution in [3.05, 3.63) is 53.7 Å². The first-order chi connectivity index (χ1) is 10.6. The van der Waals surface area contributed by atoms with E-state index < -0.39 is 0 Å². The van der Waals surface area contributed by atoms with Gasteiger partial charge in [0.25, 0.3) is 0 Å². The van der Waals surface area contributed by atoms with Crippen LogP contribution in [0.25, 0.3) is 22.3 Å². The fraction of sp³-hybridized carbons (Fsp3) is 0.176. The lowest BCUT2D eigenvalue weighted by atomic mass is 10.0. The van der Waals surface area contributed by atoms with Crippen LogP contribution in [0, 0.1) is 0 Å². The summed E-state index contributed by atoms with van der Waals surface area (Å²) in [6, 6.07) is 11.5. The molecular formula is C17H17N3O2. The Hall–Kier alpha value is -2.66. The van der Waals surface area contributed by atoms with E-state index in [0.717, 1.165) is 27.9 Å². The minimum atomic E-state index is -0.379. The molecule has 112 valence electrons. The predicted molar refractivity (Wildman–Crippen MR) is 85.5 cm³/mol. The molecule has 0 unspecified atom stereocenters. The molecule has 0 aliphatic heterocycles. The number of benzene rings is 1. The quantitative estimate of drug-likeness (QED) is 0.728. The number of esters is 1. The Kier molecular flexibility index (Phi) is 3.65. The molecular weight excluding hydrogens is 278 g/mol. The highest BCUT2D eigenvalue weighted by atomic mass is 16.5. The maximum atomic E-state index is 11.6. The van der Waals surface area contributed by atoms with E-state index >= 15 is 0 Å². The number of H-pyrrole nitrogens is 1. The van der Waals surface area contributed by atoms with E-state index in [9.17, 15) is 4.79 Å². The third-order valence-corrected chi connectivity index (χ3v) is 3.62. The summed E-state index contributed by atoms with van der Waals surface area (Å²) in [6.07, 6.45) is 1.61. The molecule has 0 saturated carbocycles. The molecule has 2 aromatic heterocycles. The third kappa shape index (κ3) is 2.46. The van der Waals surface area contributed by atoms with E-state index in [4.69, 9.17) is 10.5 Å². The first kappa shape index (κ1) is 14.3. The highest BCUT2D eigenvalue weighted by Crippen LogP contribution is 2.27.